The molecule has 5 aromatic rings. The molecule has 2 saturated heterocycles. The average molecular weight is 709 g/mol. The summed E-state index contributed by atoms with van der Waals surface area (Å²) in [6.07, 6.45) is 0.0137. The van der Waals surface area contributed by atoms with Gasteiger partial charge in [0.2, 0.25) is 5.91 Å². The molecule has 11 heteroatoms. The fraction of sp³-hybridized carbons (Fsp3) is 0.333. The molecule has 9 nitrogen and oxygen atoms in total. The largest absolute Gasteiger partial charge is 0.492 e. The van der Waals surface area contributed by atoms with Gasteiger partial charge in [0.1, 0.15) is 29.0 Å². The number of rotatable bonds is 12. The van der Waals surface area contributed by atoms with E-state index in [1.807, 2.05) is 92.4 Å². The Morgan fingerprint density at radius 1 is 0.940 bits per heavy atom. The smallest absolute Gasteiger partial charge is 0.244 e. The maximum atomic E-state index is 14.6. The summed E-state index contributed by atoms with van der Waals surface area (Å²) in [5.41, 5.74) is 3.10. The summed E-state index contributed by atoms with van der Waals surface area (Å²) in [6.45, 7) is 11.2. The maximum absolute atomic E-state index is 14.6. The van der Waals surface area contributed by atoms with E-state index in [1.165, 1.54) is 0 Å². The summed E-state index contributed by atoms with van der Waals surface area (Å²) >= 11 is 8.28. The van der Waals surface area contributed by atoms with Crippen molar-refractivity contribution in [2.45, 2.75) is 75.0 Å². The van der Waals surface area contributed by atoms with Gasteiger partial charge >= 0.3 is 0 Å². The number of hydrogen-bond acceptors (Lipinski definition) is 8. The molecule has 2 fully saturated rings. The second-order valence-electron chi connectivity index (χ2n) is 13.5. The zero-order valence-electron chi connectivity index (χ0n) is 28.8. The molecule has 2 aliphatic rings. The van der Waals surface area contributed by atoms with Crippen LogP contribution in [0.3, 0.4) is 0 Å². The van der Waals surface area contributed by atoms with Crippen LogP contribution in [0.5, 0.6) is 11.5 Å². The Morgan fingerprint density at radius 3 is 2.26 bits per heavy atom. The summed E-state index contributed by atoms with van der Waals surface area (Å²) in [7, 11) is 0. The van der Waals surface area contributed by atoms with Crippen LogP contribution in [-0.2, 0) is 16.9 Å². The SMILES string of the molecule is CCOc1ccc(Cn2nnnc2C2N3C(=O)C(NC(c4ccccc4)(c4ccccc4)c4cccc(OC(C)C)c4)[C@H]3SC2(C)C)cc1Cl. The van der Waals surface area contributed by atoms with Crippen LogP contribution in [0.1, 0.15) is 68.7 Å². The summed E-state index contributed by atoms with van der Waals surface area (Å²) < 4.78 is 13.2. The molecule has 1 N–H and O–H groups in total. The second kappa shape index (κ2) is 13.7. The monoisotopic (exact) mass is 708 g/mol. The lowest BCUT2D eigenvalue weighted by Crippen LogP contribution is -2.70. The average Bonchev–Trinajstić information content (AvgIpc) is 3.65. The highest BCUT2D eigenvalue weighted by Crippen LogP contribution is 2.58. The van der Waals surface area contributed by atoms with Gasteiger partial charge in [-0.25, -0.2) is 4.68 Å². The Bertz CT molecular complexity index is 1930. The first-order valence-electron chi connectivity index (χ1n) is 17.0. The van der Waals surface area contributed by atoms with Gasteiger partial charge in [0.15, 0.2) is 5.82 Å². The van der Waals surface area contributed by atoms with Gasteiger partial charge in [-0.1, -0.05) is 90.5 Å². The molecule has 3 atom stereocenters. The lowest BCUT2D eigenvalue weighted by Gasteiger charge is -2.49. The predicted molar refractivity (Wildman–Crippen MR) is 196 cm³/mol. The quantitative estimate of drug-likeness (QED) is 0.107. The van der Waals surface area contributed by atoms with Gasteiger partial charge in [0, 0.05) is 4.75 Å². The maximum Gasteiger partial charge on any atom is 0.244 e. The predicted octanol–water partition coefficient (Wildman–Crippen LogP) is 7.25. The van der Waals surface area contributed by atoms with Crippen molar-refractivity contribution in [1.82, 2.24) is 30.4 Å². The Balaban J connectivity index is 1.25. The first-order chi connectivity index (χ1) is 24.1. The number of aromatic nitrogens is 4. The lowest BCUT2D eigenvalue weighted by molar-refractivity contribution is -0.150. The number of carbonyl (C=O) groups is 1. The Labute approximate surface area is 302 Å². The van der Waals surface area contributed by atoms with Crippen molar-refractivity contribution < 1.29 is 14.3 Å². The van der Waals surface area contributed by atoms with Crippen LogP contribution in [0.15, 0.2) is 103 Å². The highest BCUT2D eigenvalue weighted by Gasteiger charge is 2.64. The number of benzene rings is 4. The molecule has 2 unspecified atom stereocenters. The number of ether oxygens (including phenoxy) is 2. The first-order valence-corrected chi connectivity index (χ1v) is 18.2. The normalized spacial score (nSPS) is 19.7. The number of thioether (sulfide) groups is 1. The number of halogens is 1. The van der Waals surface area contributed by atoms with E-state index in [9.17, 15) is 4.79 Å². The van der Waals surface area contributed by atoms with Gasteiger partial charge in [-0.3, -0.25) is 10.1 Å². The third-order valence-electron chi connectivity index (χ3n) is 9.30. The summed E-state index contributed by atoms with van der Waals surface area (Å²) in [5, 5.41) is 17.2. The highest BCUT2D eigenvalue weighted by molar-refractivity contribution is 8.01. The summed E-state index contributed by atoms with van der Waals surface area (Å²) in [4.78, 5) is 16.5. The van der Waals surface area contributed by atoms with Gasteiger partial charge in [0.25, 0.3) is 0 Å². The van der Waals surface area contributed by atoms with Crippen LogP contribution in [0, 0.1) is 0 Å². The minimum absolute atomic E-state index is 0.00237. The molecule has 1 aromatic heterocycles. The minimum atomic E-state index is -0.859. The molecule has 0 aliphatic carbocycles. The van der Waals surface area contributed by atoms with E-state index in [0.29, 0.717) is 29.7 Å². The molecular weight excluding hydrogens is 668 g/mol. The Kier molecular flexibility index (Phi) is 9.36. The number of nitrogens with one attached hydrogen (secondary N) is 1. The van der Waals surface area contributed by atoms with E-state index in [-0.39, 0.29) is 28.2 Å². The van der Waals surface area contributed by atoms with Crippen LogP contribution >= 0.6 is 23.4 Å². The van der Waals surface area contributed by atoms with Crippen molar-refractivity contribution in [2.75, 3.05) is 6.61 Å². The van der Waals surface area contributed by atoms with Gasteiger partial charge in [-0.15, -0.1) is 16.9 Å². The van der Waals surface area contributed by atoms with Crippen molar-refractivity contribution >= 4 is 29.3 Å². The van der Waals surface area contributed by atoms with E-state index in [2.05, 4.69) is 71.1 Å². The van der Waals surface area contributed by atoms with Gasteiger partial charge < -0.3 is 14.4 Å². The fourth-order valence-electron chi connectivity index (χ4n) is 7.21. The van der Waals surface area contributed by atoms with Crippen LogP contribution in [0.25, 0.3) is 0 Å². The molecule has 1 amide bonds. The molecule has 7 rings (SSSR count). The van der Waals surface area contributed by atoms with Crippen LogP contribution in [-0.4, -0.2) is 59.9 Å². The first kappa shape index (κ1) is 34.1. The van der Waals surface area contributed by atoms with Crippen LogP contribution in [0.2, 0.25) is 5.02 Å². The Morgan fingerprint density at radius 2 is 1.62 bits per heavy atom. The second-order valence-corrected chi connectivity index (χ2v) is 15.6. The molecule has 2 aliphatic heterocycles. The van der Waals surface area contributed by atoms with Crippen molar-refractivity contribution in [3.8, 4) is 11.5 Å². The molecule has 0 bridgehead atoms. The molecule has 4 aromatic carbocycles. The van der Waals surface area contributed by atoms with Gasteiger partial charge in [0.05, 0.1) is 29.8 Å². The Hall–Kier alpha value is -4.38. The third-order valence-corrected chi connectivity index (χ3v) is 11.2. The molecule has 0 radical (unpaired) electrons. The van der Waals surface area contributed by atoms with Crippen molar-refractivity contribution in [2.24, 2.45) is 0 Å². The molecule has 0 spiro atoms. The topological polar surface area (TPSA) is 94.4 Å². The van der Waals surface area contributed by atoms with E-state index in [0.717, 1.165) is 28.0 Å². The number of carbonyl (C=O) groups excluding carboxylic acids is 1. The molecule has 258 valence electrons. The zero-order valence-corrected chi connectivity index (χ0v) is 30.4. The fourth-order valence-corrected chi connectivity index (χ4v) is 9.09. The van der Waals surface area contributed by atoms with Crippen molar-refractivity contribution in [3.63, 3.8) is 0 Å². The number of β-lactam (4-membered cyclic amide) rings is 1. The highest BCUT2D eigenvalue weighted by atomic mass is 35.5. The minimum Gasteiger partial charge on any atom is -0.492 e. The number of amides is 1. The standard InChI is InChI=1S/C39H41ClN6O3S/c1-6-48-32-21-20-26(22-31(32)40)24-45-35(42-43-44-45)34-38(4,5)50-37-33(36(47)46(34)37)41-39(27-14-9-7-10-15-27,28-16-11-8-12-17-28)29-18-13-19-30(23-29)49-25(2)3/h7-23,25,33-34,37,41H,6,24H2,1-5H3/t33?,34?,37-/m1/s1. The van der Waals surface area contributed by atoms with Gasteiger partial charge in [-0.2, -0.15) is 0 Å². The zero-order chi connectivity index (χ0) is 35.0. The number of tetrazole rings is 1. The molecular formula is C39H41ClN6O3S. The number of nitrogens with zero attached hydrogens (tertiary/aromatic N) is 5. The van der Waals surface area contributed by atoms with Crippen molar-refractivity contribution in [1.29, 1.82) is 0 Å². The van der Waals surface area contributed by atoms with Gasteiger partial charge in [-0.05, 0) is 91.6 Å². The molecule has 3 heterocycles. The van der Waals surface area contributed by atoms with E-state index >= 15 is 0 Å². The van der Waals surface area contributed by atoms with E-state index in [4.69, 9.17) is 21.1 Å². The van der Waals surface area contributed by atoms with Crippen LogP contribution < -0.4 is 14.8 Å². The summed E-state index contributed by atoms with van der Waals surface area (Å²) in [5.74, 6) is 2.05. The van der Waals surface area contributed by atoms with Crippen molar-refractivity contribution in [3.05, 3.63) is 136 Å². The number of hydrogen-bond donors (Lipinski definition) is 1. The lowest BCUT2D eigenvalue weighted by atomic mass is 9.75. The number of fused-ring (bicyclic) bond motifs is 1. The van der Waals surface area contributed by atoms with E-state index in [1.54, 1.807) is 16.4 Å². The molecule has 50 heavy (non-hydrogen) atoms. The van der Waals surface area contributed by atoms with E-state index < -0.39 is 11.6 Å². The molecule has 0 saturated carbocycles. The van der Waals surface area contributed by atoms with Crippen LogP contribution in [0.4, 0.5) is 0 Å². The summed E-state index contributed by atoms with van der Waals surface area (Å²) in [6, 6.07) is 33.7. The third kappa shape index (κ3) is 6.14.